The van der Waals surface area contributed by atoms with Crippen LogP contribution in [0.3, 0.4) is 0 Å². The molecule has 0 aliphatic rings. The molecule has 6 nitrogen and oxygen atoms in total. The van der Waals surface area contributed by atoms with Crippen molar-refractivity contribution < 1.29 is 23.6 Å². The van der Waals surface area contributed by atoms with Gasteiger partial charge in [-0.2, -0.15) is 0 Å². The number of nitrogens with zero attached hydrogens (tertiary/aromatic N) is 1. The monoisotopic (exact) mass is 489 g/mol. The fourth-order valence-corrected chi connectivity index (χ4v) is 4.78. The topological polar surface area (TPSA) is 66.8 Å². The summed E-state index contributed by atoms with van der Waals surface area (Å²) in [5.41, 5.74) is 2.53. The molecule has 0 aliphatic carbocycles. The van der Waals surface area contributed by atoms with Gasteiger partial charge in [-0.3, -0.25) is 9.59 Å². The number of ether oxygens (including phenoxy) is 2. The van der Waals surface area contributed by atoms with Crippen LogP contribution in [0.1, 0.15) is 52.7 Å². The summed E-state index contributed by atoms with van der Waals surface area (Å²) < 4.78 is 18.9. The summed E-state index contributed by atoms with van der Waals surface area (Å²) in [6, 6.07) is 6.54. The van der Waals surface area contributed by atoms with Gasteiger partial charge in [0.25, 0.3) is 0 Å². The molecule has 0 saturated carbocycles. The molecule has 1 heterocycles. The van der Waals surface area contributed by atoms with Crippen molar-refractivity contribution in [2.45, 2.75) is 61.4 Å². The molecule has 0 fully saturated rings. The SMILES string of the molecule is C=CCn1cc(C)c2ccc(CCP(CCOC(=O)C(C)(C)C)OCOC(=O)C(C)(C)C)cc21. The zero-order chi connectivity index (χ0) is 25.5. The molecular weight excluding hydrogens is 449 g/mol. The summed E-state index contributed by atoms with van der Waals surface area (Å²) in [6.07, 6.45) is 6.25. The van der Waals surface area contributed by atoms with Crippen molar-refractivity contribution in [3.63, 3.8) is 0 Å². The quantitative estimate of drug-likeness (QED) is 0.162. The summed E-state index contributed by atoms with van der Waals surface area (Å²) in [5.74, 6) is -0.532. The minimum Gasteiger partial charge on any atom is -0.465 e. The van der Waals surface area contributed by atoms with Crippen molar-refractivity contribution in [1.82, 2.24) is 4.57 Å². The molecule has 2 rings (SSSR count). The predicted molar refractivity (Wildman–Crippen MR) is 139 cm³/mol. The molecule has 2 aromatic rings. The number of rotatable bonds is 11. The molecular formula is C27H40NO5P. The molecule has 0 radical (unpaired) electrons. The highest BCUT2D eigenvalue weighted by Crippen LogP contribution is 2.38. The number of hydrogen-bond acceptors (Lipinski definition) is 5. The standard InChI is InChI=1S/C27H40NO5P/c1-9-13-28-18-20(2)22-11-10-21(17-23(22)28)12-15-34(16-14-31-24(29)26(3,4)5)33-19-32-25(30)27(6,7)8/h9-11,17-18H,1,12-16,19H2,2-8H3. The zero-order valence-corrected chi connectivity index (χ0v) is 22.7. The maximum atomic E-state index is 12.1. The highest BCUT2D eigenvalue weighted by atomic mass is 31.1. The Balaban J connectivity index is 2.04. The smallest absolute Gasteiger partial charge is 0.313 e. The number of fused-ring (bicyclic) bond motifs is 1. The normalized spacial score (nSPS) is 13.0. The number of aromatic nitrogens is 1. The molecule has 0 aliphatic heterocycles. The average Bonchev–Trinajstić information content (AvgIpc) is 3.05. The molecule has 0 N–H and O–H groups in total. The first-order valence-electron chi connectivity index (χ1n) is 11.7. The first-order valence-corrected chi connectivity index (χ1v) is 13.4. The molecule has 188 valence electrons. The molecule has 0 bridgehead atoms. The van der Waals surface area contributed by atoms with Crippen LogP contribution in [0.5, 0.6) is 0 Å². The van der Waals surface area contributed by atoms with Gasteiger partial charge >= 0.3 is 11.9 Å². The van der Waals surface area contributed by atoms with E-state index in [4.69, 9.17) is 14.0 Å². The predicted octanol–water partition coefficient (Wildman–Crippen LogP) is 6.23. The van der Waals surface area contributed by atoms with Crippen molar-refractivity contribution in [2.75, 3.05) is 25.7 Å². The van der Waals surface area contributed by atoms with Gasteiger partial charge in [0.15, 0.2) is 6.79 Å². The van der Waals surface area contributed by atoms with Gasteiger partial charge < -0.3 is 18.6 Å². The van der Waals surface area contributed by atoms with E-state index in [1.54, 1.807) is 0 Å². The van der Waals surface area contributed by atoms with Crippen LogP contribution in [0.25, 0.3) is 10.9 Å². The summed E-state index contributed by atoms with van der Waals surface area (Å²) >= 11 is 0. The minimum absolute atomic E-state index is 0.0879. The van der Waals surface area contributed by atoms with Crippen LogP contribution in [0.4, 0.5) is 0 Å². The fourth-order valence-electron chi connectivity index (χ4n) is 3.29. The third-order valence-electron chi connectivity index (χ3n) is 5.35. The first kappa shape index (κ1) is 28.1. The van der Waals surface area contributed by atoms with Crippen molar-refractivity contribution in [3.05, 3.63) is 48.2 Å². The van der Waals surface area contributed by atoms with E-state index < -0.39 is 19.0 Å². The van der Waals surface area contributed by atoms with E-state index in [0.29, 0.717) is 6.16 Å². The van der Waals surface area contributed by atoms with Crippen LogP contribution < -0.4 is 0 Å². The van der Waals surface area contributed by atoms with E-state index in [0.717, 1.165) is 19.1 Å². The number of aryl methyl sites for hydroxylation is 2. The van der Waals surface area contributed by atoms with Crippen molar-refractivity contribution in [1.29, 1.82) is 0 Å². The molecule has 1 aromatic carbocycles. The highest BCUT2D eigenvalue weighted by molar-refractivity contribution is 7.52. The summed E-state index contributed by atoms with van der Waals surface area (Å²) in [7, 11) is -0.947. The van der Waals surface area contributed by atoms with E-state index in [2.05, 4.69) is 42.5 Å². The van der Waals surface area contributed by atoms with Gasteiger partial charge in [0, 0.05) is 38.0 Å². The van der Waals surface area contributed by atoms with Crippen LogP contribution >= 0.6 is 8.15 Å². The molecule has 1 unspecified atom stereocenters. The van der Waals surface area contributed by atoms with Crippen molar-refractivity contribution in [2.24, 2.45) is 10.8 Å². The lowest BCUT2D eigenvalue weighted by molar-refractivity contribution is -0.159. The number of carbonyl (C=O) groups is 2. The number of hydrogen-bond donors (Lipinski definition) is 0. The van der Waals surface area contributed by atoms with Gasteiger partial charge in [0.05, 0.1) is 17.4 Å². The van der Waals surface area contributed by atoms with Crippen molar-refractivity contribution in [3.8, 4) is 0 Å². The maximum Gasteiger partial charge on any atom is 0.313 e. The molecule has 1 atom stereocenters. The number of esters is 2. The van der Waals surface area contributed by atoms with E-state index in [1.165, 1.54) is 22.0 Å². The molecule has 1 aromatic heterocycles. The highest BCUT2D eigenvalue weighted by Gasteiger charge is 2.25. The third-order valence-corrected chi connectivity index (χ3v) is 7.22. The van der Waals surface area contributed by atoms with Crippen LogP contribution in [-0.4, -0.2) is 42.2 Å². The van der Waals surface area contributed by atoms with Crippen LogP contribution in [-0.2, 0) is 36.6 Å². The summed E-state index contributed by atoms with van der Waals surface area (Å²) in [5, 5.41) is 1.24. The Morgan fingerprint density at radius 2 is 1.68 bits per heavy atom. The Morgan fingerprint density at radius 1 is 1.03 bits per heavy atom. The van der Waals surface area contributed by atoms with Gasteiger partial charge in [-0.1, -0.05) is 18.2 Å². The number of benzene rings is 1. The van der Waals surface area contributed by atoms with Crippen LogP contribution in [0.2, 0.25) is 0 Å². The van der Waals surface area contributed by atoms with Gasteiger partial charge in [0.2, 0.25) is 0 Å². The van der Waals surface area contributed by atoms with Gasteiger partial charge in [0.1, 0.15) is 0 Å². The fraction of sp³-hybridized carbons (Fsp3) is 0.556. The summed E-state index contributed by atoms with van der Waals surface area (Å²) in [4.78, 5) is 24.2. The second-order valence-electron chi connectivity index (χ2n) is 10.6. The lowest BCUT2D eigenvalue weighted by Gasteiger charge is -2.22. The lowest BCUT2D eigenvalue weighted by Crippen LogP contribution is -2.25. The second kappa shape index (κ2) is 12.0. The molecule has 0 spiro atoms. The number of allylic oxidation sites excluding steroid dienone is 1. The van der Waals surface area contributed by atoms with Crippen LogP contribution in [0, 0.1) is 17.8 Å². The van der Waals surface area contributed by atoms with Gasteiger partial charge in [-0.15, -0.1) is 6.58 Å². The van der Waals surface area contributed by atoms with E-state index in [9.17, 15) is 9.59 Å². The Kier molecular flexibility index (Phi) is 9.90. The Labute approximate surface area is 205 Å². The maximum absolute atomic E-state index is 12.1. The van der Waals surface area contributed by atoms with E-state index in [1.807, 2.05) is 47.6 Å². The lowest BCUT2D eigenvalue weighted by atomic mass is 9.97. The first-order chi connectivity index (χ1) is 15.8. The second-order valence-corrected chi connectivity index (χ2v) is 12.7. The van der Waals surface area contributed by atoms with Crippen LogP contribution in [0.15, 0.2) is 37.1 Å². The Morgan fingerprint density at radius 3 is 2.29 bits per heavy atom. The van der Waals surface area contributed by atoms with Gasteiger partial charge in [-0.05, 0) is 78.2 Å². The van der Waals surface area contributed by atoms with Crippen molar-refractivity contribution >= 4 is 31.0 Å². The number of carbonyl (C=O) groups excluding carboxylic acids is 2. The summed E-state index contributed by atoms with van der Waals surface area (Å²) in [6.45, 7) is 17.9. The molecule has 0 saturated heterocycles. The molecule has 0 amide bonds. The molecule has 7 heteroatoms. The molecule has 34 heavy (non-hydrogen) atoms. The third kappa shape index (κ3) is 8.25. The zero-order valence-electron chi connectivity index (χ0n) is 21.8. The largest absolute Gasteiger partial charge is 0.465 e. The van der Waals surface area contributed by atoms with Gasteiger partial charge in [-0.25, -0.2) is 0 Å². The average molecular weight is 490 g/mol. The Hall–Kier alpha value is -2.17. The van der Waals surface area contributed by atoms with E-state index >= 15 is 0 Å². The minimum atomic E-state index is -0.947. The Bertz CT molecular complexity index is 965. The van der Waals surface area contributed by atoms with E-state index in [-0.39, 0.29) is 25.3 Å².